The van der Waals surface area contributed by atoms with Crippen LogP contribution in [0.15, 0.2) is 56.6 Å². The zero-order valence-electron chi connectivity index (χ0n) is 17.3. The third-order valence-corrected chi connectivity index (χ3v) is 8.58. The summed E-state index contributed by atoms with van der Waals surface area (Å²) in [5, 5.41) is 0.772. The first-order valence-electron chi connectivity index (χ1n) is 10.6. The van der Waals surface area contributed by atoms with Gasteiger partial charge in [0.05, 0.1) is 10.4 Å². The summed E-state index contributed by atoms with van der Waals surface area (Å²) in [6.45, 7) is 0.159. The molecule has 1 aliphatic carbocycles. The van der Waals surface area contributed by atoms with Crippen LogP contribution >= 0.6 is 15.9 Å². The summed E-state index contributed by atoms with van der Waals surface area (Å²) in [5.41, 5.74) is 0.730. The number of ether oxygens (including phenoxy) is 2. The van der Waals surface area contributed by atoms with Crippen LogP contribution in [0.25, 0.3) is 10.9 Å². The SMILES string of the molecule is O=c1[nH]c2cc3c(cc2cc1CN(C1CCCCC1)S(=O)(=O)c1ccc(Br)cc1)OCO3. The highest BCUT2D eigenvalue weighted by Gasteiger charge is 2.33. The van der Waals surface area contributed by atoms with E-state index in [4.69, 9.17) is 9.47 Å². The number of benzene rings is 2. The van der Waals surface area contributed by atoms with Crippen molar-refractivity contribution in [1.29, 1.82) is 0 Å². The lowest BCUT2D eigenvalue weighted by molar-refractivity contribution is 0.174. The van der Waals surface area contributed by atoms with Crippen molar-refractivity contribution in [3.63, 3.8) is 0 Å². The largest absolute Gasteiger partial charge is 0.454 e. The van der Waals surface area contributed by atoms with Crippen LogP contribution in [-0.2, 0) is 16.6 Å². The van der Waals surface area contributed by atoms with Gasteiger partial charge in [-0.25, -0.2) is 8.42 Å². The van der Waals surface area contributed by atoms with Gasteiger partial charge in [0.25, 0.3) is 5.56 Å². The van der Waals surface area contributed by atoms with Gasteiger partial charge in [-0.3, -0.25) is 4.79 Å². The second kappa shape index (κ2) is 8.53. The molecule has 9 heteroatoms. The van der Waals surface area contributed by atoms with Crippen LogP contribution in [0, 0.1) is 0 Å². The van der Waals surface area contributed by atoms with Gasteiger partial charge in [-0.1, -0.05) is 35.2 Å². The minimum atomic E-state index is -3.78. The minimum absolute atomic E-state index is 0.0166. The van der Waals surface area contributed by atoms with Crippen molar-refractivity contribution in [3.8, 4) is 11.5 Å². The number of sulfonamides is 1. The van der Waals surface area contributed by atoms with Gasteiger partial charge >= 0.3 is 0 Å². The number of halogens is 1. The predicted octanol–water partition coefficient (Wildman–Crippen LogP) is 4.54. The molecule has 0 radical (unpaired) electrons. The Hall–Kier alpha value is -2.36. The molecule has 2 aromatic carbocycles. The number of nitrogens with zero attached hydrogens (tertiary/aromatic N) is 1. The lowest BCUT2D eigenvalue weighted by Gasteiger charge is -2.33. The molecule has 32 heavy (non-hydrogen) atoms. The highest BCUT2D eigenvalue weighted by atomic mass is 79.9. The maximum Gasteiger partial charge on any atom is 0.252 e. The van der Waals surface area contributed by atoms with Gasteiger partial charge in [-0.05, 0) is 49.2 Å². The zero-order valence-corrected chi connectivity index (χ0v) is 19.7. The summed E-state index contributed by atoms with van der Waals surface area (Å²) in [6.07, 6.45) is 4.65. The fourth-order valence-corrected chi connectivity index (χ4v) is 6.38. The number of H-pyrrole nitrogens is 1. The molecule has 1 fully saturated rings. The quantitative estimate of drug-likeness (QED) is 0.535. The first-order chi connectivity index (χ1) is 15.4. The van der Waals surface area contributed by atoms with E-state index in [0.717, 1.165) is 42.0 Å². The highest BCUT2D eigenvalue weighted by Crippen LogP contribution is 2.36. The Labute approximate surface area is 194 Å². The number of hydrogen-bond donors (Lipinski definition) is 1. The summed E-state index contributed by atoms with van der Waals surface area (Å²) in [7, 11) is -3.78. The molecule has 0 atom stereocenters. The maximum absolute atomic E-state index is 13.6. The number of pyridine rings is 1. The lowest BCUT2D eigenvalue weighted by Crippen LogP contribution is -2.42. The Balaban J connectivity index is 1.55. The molecule has 1 aliphatic heterocycles. The molecule has 5 rings (SSSR count). The van der Waals surface area contributed by atoms with E-state index in [1.54, 1.807) is 36.4 Å². The Morgan fingerprint density at radius 3 is 2.41 bits per heavy atom. The molecule has 168 valence electrons. The molecular weight excluding hydrogens is 496 g/mol. The zero-order chi connectivity index (χ0) is 22.3. The molecule has 7 nitrogen and oxygen atoms in total. The van der Waals surface area contributed by atoms with Crippen molar-refractivity contribution in [2.24, 2.45) is 0 Å². The van der Waals surface area contributed by atoms with Gasteiger partial charge in [0, 0.05) is 34.1 Å². The van der Waals surface area contributed by atoms with Crippen LogP contribution in [0.3, 0.4) is 0 Å². The van der Waals surface area contributed by atoms with E-state index in [1.165, 1.54) is 4.31 Å². The number of aromatic nitrogens is 1. The topological polar surface area (TPSA) is 88.7 Å². The van der Waals surface area contributed by atoms with Crippen molar-refractivity contribution in [1.82, 2.24) is 9.29 Å². The summed E-state index contributed by atoms with van der Waals surface area (Å²) < 4.78 is 40.4. The van der Waals surface area contributed by atoms with E-state index in [2.05, 4.69) is 20.9 Å². The first-order valence-corrected chi connectivity index (χ1v) is 12.9. The van der Waals surface area contributed by atoms with Crippen molar-refractivity contribution < 1.29 is 17.9 Å². The number of rotatable bonds is 5. The normalized spacial score (nSPS) is 16.7. The predicted molar refractivity (Wildman–Crippen MR) is 124 cm³/mol. The molecule has 1 N–H and O–H groups in total. The summed E-state index contributed by atoms with van der Waals surface area (Å²) >= 11 is 3.36. The lowest BCUT2D eigenvalue weighted by atomic mass is 9.95. The second-order valence-electron chi connectivity index (χ2n) is 8.21. The van der Waals surface area contributed by atoms with Crippen molar-refractivity contribution in [2.75, 3.05) is 6.79 Å². The van der Waals surface area contributed by atoms with Crippen LogP contribution < -0.4 is 15.0 Å². The van der Waals surface area contributed by atoms with E-state index < -0.39 is 10.0 Å². The average molecular weight is 519 g/mol. The van der Waals surface area contributed by atoms with Crippen LogP contribution in [0.1, 0.15) is 37.7 Å². The molecule has 1 aromatic heterocycles. The molecule has 2 heterocycles. The first kappa shape index (κ1) is 21.5. The molecule has 3 aromatic rings. The third kappa shape index (κ3) is 4.04. The third-order valence-electron chi connectivity index (χ3n) is 6.14. The molecule has 0 bridgehead atoms. The van der Waals surface area contributed by atoms with Crippen LogP contribution in [0.5, 0.6) is 11.5 Å². The van der Waals surface area contributed by atoms with Crippen molar-refractivity contribution >= 4 is 36.9 Å². The van der Waals surface area contributed by atoms with Gasteiger partial charge in [0.1, 0.15) is 0 Å². The molecule has 0 spiro atoms. The highest BCUT2D eigenvalue weighted by molar-refractivity contribution is 9.10. The van der Waals surface area contributed by atoms with Gasteiger partial charge in [-0.2, -0.15) is 4.31 Å². The second-order valence-corrected chi connectivity index (χ2v) is 11.0. The van der Waals surface area contributed by atoms with Crippen molar-refractivity contribution in [2.45, 2.75) is 49.6 Å². The molecule has 0 unspecified atom stereocenters. The number of nitrogens with one attached hydrogen (secondary N) is 1. The standard InChI is InChI=1S/C23H23BrN2O5S/c24-17-6-8-19(9-7-17)32(28,29)26(18-4-2-1-3-5-18)13-16-10-15-11-21-22(31-14-30-21)12-20(15)25-23(16)27/h6-12,18H,1-5,13-14H2,(H,25,27). The Morgan fingerprint density at radius 1 is 1.00 bits per heavy atom. The molecule has 0 saturated heterocycles. The van der Waals surface area contributed by atoms with Crippen LogP contribution in [0.2, 0.25) is 0 Å². The van der Waals surface area contributed by atoms with E-state index in [1.807, 2.05) is 6.07 Å². The Bertz CT molecular complexity index is 1310. The van der Waals surface area contributed by atoms with E-state index in [-0.39, 0.29) is 29.8 Å². The van der Waals surface area contributed by atoms with E-state index in [9.17, 15) is 13.2 Å². The fourth-order valence-electron chi connectivity index (χ4n) is 4.45. The molecule has 1 saturated carbocycles. The monoisotopic (exact) mass is 518 g/mol. The smallest absolute Gasteiger partial charge is 0.252 e. The Kier molecular flexibility index (Phi) is 5.73. The van der Waals surface area contributed by atoms with Gasteiger partial charge in [-0.15, -0.1) is 0 Å². The van der Waals surface area contributed by atoms with Gasteiger partial charge in [0.2, 0.25) is 16.8 Å². The van der Waals surface area contributed by atoms with Gasteiger partial charge < -0.3 is 14.5 Å². The fraction of sp³-hybridized carbons (Fsp3) is 0.348. The molecule has 2 aliphatic rings. The van der Waals surface area contributed by atoms with Crippen LogP contribution in [-0.4, -0.2) is 30.5 Å². The van der Waals surface area contributed by atoms with Crippen LogP contribution in [0.4, 0.5) is 0 Å². The summed E-state index contributed by atoms with van der Waals surface area (Å²) in [4.78, 5) is 16.0. The van der Waals surface area contributed by atoms with Crippen molar-refractivity contribution in [3.05, 3.63) is 62.9 Å². The number of fused-ring (bicyclic) bond motifs is 2. The molecule has 0 amide bonds. The Morgan fingerprint density at radius 2 is 1.69 bits per heavy atom. The summed E-state index contributed by atoms with van der Waals surface area (Å²) in [6, 6.07) is 11.8. The molecular formula is C23H23BrN2O5S. The van der Waals surface area contributed by atoms with E-state index in [0.29, 0.717) is 22.6 Å². The number of hydrogen-bond acceptors (Lipinski definition) is 5. The minimum Gasteiger partial charge on any atom is -0.454 e. The average Bonchev–Trinajstić information content (AvgIpc) is 3.24. The maximum atomic E-state index is 13.6. The van der Waals surface area contributed by atoms with Gasteiger partial charge in [0.15, 0.2) is 11.5 Å². The number of aromatic amines is 1. The summed E-state index contributed by atoms with van der Waals surface area (Å²) in [5.74, 6) is 1.20. The van der Waals surface area contributed by atoms with E-state index >= 15 is 0 Å².